The second kappa shape index (κ2) is 9.11. The fraction of sp³-hybridized carbons (Fsp3) is 0.316. The van der Waals surface area contributed by atoms with Crippen LogP contribution in [0.5, 0.6) is 0 Å². The minimum absolute atomic E-state index is 0. The van der Waals surface area contributed by atoms with Crippen molar-refractivity contribution in [3.8, 4) is 0 Å². The monoisotopic (exact) mass is 362 g/mol. The molecule has 2 aromatic rings. The van der Waals surface area contributed by atoms with Gasteiger partial charge in [0.05, 0.1) is 0 Å². The summed E-state index contributed by atoms with van der Waals surface area (Å²) in [4.78, 5) is 12.2. The number of hydrogen-bond acceptors (Lipinski definition) is 3. The third kappa shape index (κ3) is 4.76. The van der Waals surface area contributed by atoms with Crippen molar-refractivity contribution in [1.29, 1.82) is 0 Å². The van der Waals surface area contributed by atoms with Crippen molar-refractivity contribution < 1.29 is 4.79 Å². The molecule has 1 aliphatic heterocycles. The topological polar surface area (TPSA) is 41.1 Å². The number of halogens is 1. The van der Waals surface area contributed by atoms with E-state index in [0.717, 1.165) is 35.7 Å². The number of fused-ring (bicyclic) bond motifs is 1. The number of hydrogen-bond donors (Lipinski definition) is 2. The van der Waals surface area contributed by atoms with Crippen molar-refractivity contribution in [3.05, 3.63) is 70.3 Å². The number of rotatable bonds is 6. The van der Waals surface area contributed by atoms with Gasteiger partial charge in [0.25, 0.3) is 5.91 Å². The van der Waals surface area contributed by atoms with Crippen LogP contribution in [0.15, 0.2) is 42.5 Å². The summed E-state index contributed by atoms with van der Waals surface area (Å²) in [5.41, 5.74) is 5.84. The Bertz CT molecular complexity index is 688. The average Bonchev–Trinajstić information content (AvgIpc) is 3.06. The number of nitrogens with one attached hydrogen (secondary N) is 2. The Labute approximate surface area is 154 Å². The predicted octanol–water partition coefficient (Wildman–Crippen LogP) is 3.89. The van der Waals surface area contributed by atoms with Gasteiger partial charge in [-0.25, -0.2) is 0 Å². The zero-order chi connectivity index (χ0) is 16.1. The Morgan fingerprint density at radius 3 is 2.54 bits per heavy atom. The smallest absolute Gasteiger partial charge is 0.251 e. The summed E-state index contributed by atoms with van der Waals surface area (Å²) in [5, 5.41) is 6.34. The standard InChI is InChI=1S/C19H22N2OS.ClH/c1-2-23-13-14-3-6-16(7-4-14)19(22)21-10-15-5-8-17-11-20-12-18(17)9-15;/h3-9,20H,2,10-13H2,1H3,(H,21,22);1H. The van der Waals surface area contributed by atoms with Gasteiger partial charge in [0.15, 0.2) is 0 Å². The van der Waals surface area contributed by atoms with E-state index < -0.39 is 0 Å². The molecule has 0 fully saturated rings. The third-order valence-electron chi connectivity index (χ3n) is 4.04. The highest BCUT2D eigenvalue weighted by atomic mass is 35.5. The fourth-order valence-corrected chi connectivity index (χ4v) is 3.35. The normalized spacial score (nSPS) is 12.4. The highest BCUT2D eigenvalue weighted by Gasteiger charge is 2.11. The molecule has 2 N–H and O–H groups in total. The van der Waals surface area contributed by atoms with Crippen molar-refractivity contribution in [2.24, 2.45) is 0 Å². The summed E-state index contributed by atoms with van der Waals surface area (Å²) in [6.07, 6.45) is 0. The first kappa shape index (κ1) is 18.8. The van der Waals surface area contributed by atoms with Crippen LogP contribution in [0.4, 0.5) is 0 Å². The van der Waals surface area contributed by atoms with E-state index in [1.807, 2.05) is 36.0 Å². The van der Waals surface area contributed by atoms with Gasteiger partial charge in [-0.05, 0) is 40.1 Å². The van der Waals surface area contributed by atoms with Crippen LogP contribution in [0.1, 0.15) is 39.5 Å². The quantitative estimate of drug-likeness (QED) is 0.819. The van der Waals surface area contributed by atoms with E-state index >= 15 is 0 Å². The lowest BCUT2D eigenvalue weighted by Gasteiger charge is -2.08. The molecule has 0 aliphatic carbocycles. The molecule has 5 heteroatoms. The number of carbonyl (C=O) groups is 1. The largest absolute Gasteiger partial charge is 0.348 e. The Morgan fingerprint density at radius 1 is 1.08 bits per heavy atom. The van der Waals surface area contributed by atoms with Gasteiger partial charge in [-0.3, -0.25) is 4.79 Å². The van der Waals surface area contributed by atoms with Crippen molar-refractivity contribution in [2.75, 3.05) is 5.75 Å². The molecule has 3 rings (SSSR count). The van der Waals surface area contributed by atoms with E-state index in [4.69, 9.17) is 0 Å². The minimum atomic E-state index is -0.0154. The Morgan fingerprint density at radius 2 is 1.79 bits per heavy atom. The summed E-state index contributed by atoms with van der Waals surface area (Å²) in [5.74, 6) is 2.10. The van der Waals surface area contributed by atoms with Crippen molar-refractivity contribution >= 4 is 30.1 Å². The Hall–Kier alpha value is -1.49. The van der Waals surface area contributed by atoms with Crippen molar-refractivity contribution in [2.45, 2.75) is 32.3 Å². The van der Waals surface area contributed by atoms with Gasteiger partial charge in [-0.2, -0.15) is 11.8 Å². The van der Waals surface area contributed by atoms with E-state index in [9.17, 15) is 4.79 Å². The first-order chi connectivity index (χ1) is 11.3. The maximum atomic E-state index is 12.2. The molecule has 128 valence electrons. The molecular weight excluding hydrogens is 340 g/mol. The minimum Gasteiger partial charge on any atom is -0.348 e. The van der Waals surface area contributed by atoms with Crippen molar-refractivity contribution in [1.82, 2.24) is 10.6 Å². The Kier molecular flexibility index (Phi) is 7.16. The molecule has 0 aromatic heterocycles. The second-order valence-corrected chi connectivity index (χ2v) is 7.00. The maximum absolute atomic E-state index is 12.2. The molecular formula is C19H23ClN2OS. The highest BCUT2D eigenvalue weighted by Crippen LogP contribution is 2.17. The van der Waals surface area contributed by atoms with Crippen LogP contribution in [0, 0.1) is 0 Å². The van der Waals surface area contributed by atoms with Gasteiger partial charge in [0, 0.05) is 31.0 Å². The molecule has 0 saturated carbocycles. The van der Waals surface area contributed by atoms with Crippen LogP contribution in [0.2, 0.25) is 0 Å². The summed E-state index contributed by atoms with van der Waals surface area (Å²) in [6, 6.07) is 14.3. The summed E-state index contributed by atoms with van der Waals surface area (Å²) in [6.45, 7) is 4.60. The maximum Gasteiger partial charge on any atom is 0.251 e. The average molecular weight is 363 g/mol. The van der Waals surface area contributed by atoms with Gasteiger partial charge in [0.2, 0.25) is 0 Å². The second-order valence-electron chi connectivity index (χ2n) is 5.72. The summed E-state index contributed by atoms with van der Waals surface area (Å²) in [7, 11) is 0. The van der Waals surface area contributed by atoms with Crippen LogP contribution in [0.25, 0.3) is 0 Å². The van der Waals surface area contributed by atoms with Gasteiger partial charge >= 0.3 is 0 Å². The van der Waals surface area contributed by atoms with Gasteiger partial charge < -0.3 is 10.6 Å². The predicted molar refractivity (Wildman–Crippen MR) is 104 cm³/mol. The number of thioether (sulfide) groups is 1. The molecule has 2 aromatic carbocycles. The zero-order valence-corrected chi connectivity index (χ0v) is 15.4. The molecule has 24 heavy (non-hydrogen) atoms. The fourth-order valence-electron chi connectivity index (χ4n) is 2.71. The van der Waals surface area contributed by atoms with E-state index in [2.05, 4.69) is 35.8 Å². The lowest BCUT2D eigenvalue weighted by molar-refractivity contribution is 0.0951. The van der Waals surface area contributed by atoms with Crippen LogP contribution >= 0.6 is 24.2 Å². The molecule has 0 radical (unpaired) electrons. The summed E-state index contributed by atoms with van der Waals surface area (Å²) >= 11 is 1.89. The number of amides is 1. The van der Waals surface area contributed by atoms with Crippen LogP contribution in [-0.4, -0.2) is 11.7 Å². The number of carbonyl (C=O) groups excluding carboxylic acids is 1. The van der Waals surface area contributed by atoms with Gasteiger partial charge in [0.1, 0.15) is 0 Å². The van der Waals surface area contributed by atoms with Gasteiger partial charge in [-0.1, -0.05) is 37.3 Å². The molecule has 0 bridgehead atoms. The van der Waals surface area contributed by atoms with E-state index in [1.165, 1.54) is 16.7 Å². The molecule has 0 spiro atoms. The van der Waals surface area contributed by atoms with Crippen LogP contribution < -0.4 is 10.6 Å². The molecule has 1 aliphatic rings. The molecule has 0 saturated heterocycles. The first-order valence-corrected chi connectivity index (χ1v) is 9.18. The van der Waals surface area contributed by atoms with E-state index in [1.54, 1.807) is 0 Å². The Balaban J connectivity index is 0.00000208. The molecule has 0 atom stereocenters. The molecule has 0 unspecified atom stereocenters. The molecule has 3 nitrogen and oxygen atoms in total. The third-order valence-corrected chi connectivity index (χ3v) is 4.99. The van der Waals surface area contributed by atoms with E-state index in [-0.39, 0.29) is 18.3 Å². The SMILES string of the molecule is CCSCc1ccc(C(=O)NCc2ccc3c(c2)CNC3)cc1.Cl. The molecule has 1 amide bonds. The summed E-state index contributed by atoms with van der Waals surface area (Å²) < 4.78 is 0. The highest BCUT2D eigenvalue weighted by molar-refractivity contribution is 7.98. The zero-order valence-electron chi connectivity index (χ0n) is 13.8. The first-order valence-electron chi connectivity index (χ1n) is 8.02. The lowest BCUT2D eigenvalue weighted by atomic mass is 10.1. The molecule has 1 heterocycles. The lowest BCUT2D eigenvalue weighted by Crippen LogP contribution is -2.22. The van der Waals surface area contributed by atoms with Crippen molar-refractivity contribution in [3.63, 3.8) is 0 Å². The number of benzene rings is 2. The van der Waals surface area contributed by atoms with Crippen LogP contribution in [-0.2, 0) is 25.4 Å². The van der Waals surface area contributed by atoms with Crippen LogP contribution in [0.3, 0.4) is 0 Å². The van der Waals surface area contributed by atoms with Gasteiger partial charge in [-0.15, -0.1) is 12.4 Å². The van der Waals surface area contributed by atoms with E-state index in [0.29, 0.717) is 6.54 Å².